The molecule has 2 aromatic carbocycles. The molecule has 1 saturated heterocycles. The molecule has 2 aromatic heterocycles. The summed E-state index contributed by atoms with van der Waals surface area (Å²) in [4.78, 5) is 11.3. The molecule has 0 N–H and O–H groups in total. The number of aromatic nitrogens is 2. The number of para-hydroxylation sites is 2. The molecule has 0 radical (unpaired) electrons. The summed E-state index contributed by atoms with van der Waals surface area (Å²) in [5.74, 6) is 1.36. The average Bonchev–Trinajstić information content (AvgIpc) is 3.09. The molecule has 33 heavy (non-hydrogen) atoms. The van der Waals surface area contributed by atoms with Crippen molar-refractivity contribution in [3.8, 4) is 5.75 Å². The second-order valence-electron chi connectivity index (χ2n) is 8.67. The van der Waals surface area contributed by atoms with Crippen LogP contribution in [0.2, 0.25) is 0 Å². The van der Waals surface area contributed by atoms with Crippen LogP contribution in [-0.4, -0.2) is 41.2 Å². The van der Waals surface area contributed by atoms with Crippen LogP contribution in [0.25, 0.3) is 10.9 Å². The maximum absolute atomic E-state index is 6.15. The third-order valence-electron chi connectivity index (χ3n) is 6.08. The maximum Gasteiger partial charge on any atom is 0.124 e. The molecule has 1 atom stereocenters. The van der Waals surface area contributed by atoms with Gasteiger partial charge in [0.15, 0.2) is 0 Å². The number of hydrogen-bond donors (Lipinski definition) is 0. The third kappa shape index (κ3) is 5.75. The Morgan fingerprint density at radius 2 is 1.88 bits per heavy atom. The zero-order valence-corrected chi connectivity index (χ0v) is 18.8. The first kappa shape index (κ1) is 21.6. The molecule has 5 rings (SSSR count). The zero-order chi connectivity index (χ0) is 22.3. The molecule has 1 aliphatic rings. The van der Waals surface area contributed by atoms with Crippen LogP contribution in [0.3, 0.4) is 0 Å². The van der Waals surface area contributed by atoms with Crippen LogP contribution in [0.5, 0.6) is 5.75 Å². The van der Waals surface area contributed by atoms with E-state index in [2.05, 4.69) is 57.3 Å². The molecule has 0 unspecified atom stereocenters. The molecule has 5 heteroatoms. The van der Waals surface area contributed by atoms with Crippen molar-refractivity contribution < 1.29 is 9.47 Å². The Bertz CT molecular complexity index is 1180. The van der Waals surface area contributed by atoms with Gasteiger partial charge in [-0.25, -0.2) is 0 Å². The van der Waals surface area contributed by atoms with E-state index >= 15 is 0 Å². The summed E-state index contributed by atoms with van der Waals surface area (Å²) in [6, 6.07) is 22.9. The largest absolute Gasteiger partial charge is 0.489 e. The molecule has 5 nitrogen and oxygen atoms in total. The lowest BCUT2D eigenvalue weighted by Crippen LogP contribution is -2.30. The van der Waals surface area contributed by atoms with E-state index in [-0.39, 0.29) is 0 Å². The molecule has 0 amide bonds. The standard InChI is InChI=1S/C28H29N3O2/c1-3-9-27-25(7-1)15-23(17-30-27)14-24-18-31(12-13-32-20-24)19-26-8-2-4-10-28(26)33-21-22-6-5-11-29-16-22/h1-11,15-17,24H,12-14,18-21H2/t24-/m0/s1. The molecule has 1 fully saturated rings. The van der Waals surface area contributed by atoms with E-state index in [1.807, 2.05) is 36.7 Å². The van der Waals surface area contributed by atoms with E-state index in [9.17, 15) is 0 Å². The average molecular weight is 440 g/mol. The first-order valence-corrected chi connectivity index (χ1v) is 11.6. The number of rotatable bonds is 7. The Labute approximate surface area is 195 Å². The third-order valence-corrected chi connectivity index (χ3v) is 6.08. The molecule has 0 aliphatic carbocycles. The topological polar surface area (TPSA) is 47.5 Å². The summed E-state index contributed by atoms with van der Waals surface area (Å²) in [6.07, 6.45) is 6.61. The summed E-state index contributed by atoms with van der Waals surface area (Å²) in [5.41, 5.74) is 4.58. The van der Waals surface area contributed by atoms with Crippen molar-refractivity contribution in [2.75, 3.05) is 26.3 Å². The summed E-state index contributed by atoms with van der Waals surface area (Å²) in [5, 5.41) is 1.20. The second kappa shape index (κ2) is 10.6. The Kier molecular flexibility index (Phi) is 6.90. The first-order valence-electron chi connectivity index (χ1n) is 11.6. The number of fused-ring (bicyclic) bond motifs is 1. The van der Waals surface area contributed by atoms with Crippen LogP contribution in [-0.2, 0) is 24.3 Å². The Hall–Kier alpha value is -3.28. The zero-order valence-electron chi connectivity index (χ0n) is 18.8. The Balaban J connectivity index is 1.25. The summed E-state index contributed by atoms with van der Waals surface area (Å²) < 4.78 is 12.1. The number of benzene rings is 2. The minimum Gasteiger partial charge on any atom is -0.489 e. The van der Waals surface area contributed by atoms with Gasteiger partial charge in [0.25, 0.3) is 0 Å². The second-order valence-corrected chi connectivity index (χ2v) is 8.67. The van der Waals surface area contributed by atoms with Gasteiger partial charge in [-0.05, 0) is 42.2 Å². The summed E-state index contributed by atoms with van der Waals surface area (Å²) in [7, 11) is 0. The predicted octanol–water partition coefficient (Wildman–Crippen LogP) is 4.90. The van der Waals surface area contributed by atoms with Crippen molar-refractivity contribution in [2.45, 2.75) is 19.6 Å². The highest BCUT2D eigenvalue weighted by Gasteiger charge is 2.20. The van der Waals surface area contributed by atoms with E-state index in [1.54, 1.807) is 6.20 Å². The van der Waals surface area contributed by atoms with E-state index in [4.69, 9.17) is 9.47 Å². The molecular formula is C28H29N3O2. The molecule has 4 aromatic rings. The lowest BCUT2D eigenvalue weighted by molar-refractivity contribution is 0.121. The highest BCUT2D eigenvalue weighted by atomic mass is 16.5. The minimum atomic E-state index is 0.430. The summed E-state index contributed by atoms with van der Waals surface area (Å²) in [6.45, 7) is 4.81. The van der Waals surface area contributed by atoms with Crippen LogP contribution in [0, 0.1) is 5.92 Å². The van der Waals surface area contributed by atoms with Crippen LogP contribution in [0.1, 0.15) is 16.7 Å². The first-order chi connectivity index (χ1) is 16.3. The smallest absolute Gasteiger partial charge is 0.124 e. The van der Waals surface area contributed by atoms with Crippen LogP contribution >= 0.6 is 0 Å². The van der Waals surface area contributed by atoms with Gasteiger partial charge in [0.1, 0.15) is 12.4 Å². The van der Waals surface area contributed by atoms with Gasteiger partial charge < -0.3 is 9.47 Å². The van der Waals surface area contributed by atoms with Crippen molar-refractivity contribution in [3.63, 3.8) is 0 Å². The van der Waals surface area contributed by atoms with E-state index in [1.165, 1.54) is 16.5 Å². The van der Waals surface area contributed by atoms with Crippen molar-refractivity contribution in [1.29, 1.82) is 0 Å². The van der Waals surface area contributed by atoms with Crippen molar-refractivity contribution in [3.05, 3.63) is 102 Å². The Morgan fingerprint density at radius 1 is 0.970 bits per heavy atom. The summed E-state index contributed by atoms with van der Waals surface area (Å²) >= 11 is 0. The van der Waals surface area contributed by atoms with Crippen molar-refractivity contribution >= 4 is 10.9 Å². The van der Waals surface area contributed by atoms with Crippen molar-refractivity contribution in [1.82, 2.24) is 14.9 Å². The fourth-order valence-electron chi connectivity index (χ4n) is 4.44. The van der Waals surface area contributed by atoms with Gasteiger partial charge in [-0.15, -0.1) is 0 Å². The van der Waals surface area contributed by atoms with Crippen LogP contribution < -0.4 is 4.74 Å². The van der Waals surface area contributed by atoms with Crippen molar-refractivity contribution in [2.24, 2.45) is 5.92 Å². The molecule has 0 spiro atoms. The monoisotopic (exact) mass is 439 g/mol. The van der Waals surface area contributed by atoms with Crippen LogP contribution in [0.4, 0.5) is 0 Å². The fourth-order valence-corrected chi connectivity index (χ4v) is 4.44. The number of nitrogens with zero attached hydrogens (tertiary/aromatic N) is 3. The van der Waals surface area contributed by atoms with Crippen LogP contribution in [0.15, 0.2) is 85.3 Å². The highest BCUT2D eigenvalue weighted by molar-refractivity contribution is 5.78. The molecule has 3 heterocycles. The molecule has 0 saturated carbocycles. The van der Waals surface area contributed by atoms with Gasteiger partial charge in [-0.3, -0.25) is 14.9 Å². The Morgan fingerprint density at radius 3 is 2.82 bits per heavy atom. The SMILES string of the molecule is c1cncc(COc2ccccc2CN2CCOC[C@@H](Cc3cnc4ccccc4c3)C2)c1. The minimum absolute atomic E-state index is 0.430. The lowest BCUT2D eigenvalue weighted by Gasteiger charge is -2.24. The van der Waals surface area contributed by atoms with E-state index < -0.39 is 0 Å². The van der Waals surface area contributed by atoms with E-state index in [0.717, 1.165) is 56.1 Å². The number of ether oxygens (including phenoxy) is 2. The lowest BCUT2D eigenvalue weighted by atomic mass is 9.99. The van der Waals surface area contributed by atoms with Gasteiger partial charge in [0.05, 0.1) is 18.7 Å². The predicted molar refractivity (Wildman–Crippen MR) is 130 cm³/mol. The van der Waals surface area contributed by atoms with E-state index in [0.29, 0.717) is 12.5 Å². The van der Waals surface area contributed by atoms with Gasteiger partial charge in [0.2, 0.25) is 0 Å². The molecule has 0 bridgehead atoms. The molecular weight excluding hydrogens is 410 g/mol. The molecule has 1 aliphatic heterocycles. The maximum atomic E-state index is 6.15. The fraction of sp³-hybridized carbons (Fsp3) is 0.286. The molecule has 168 valence electrons. The van der Waals surface area contributed by atoms with Gasteiger partial charge in [0, 0.05) is 54.7 Å². The van der Waals surface area contributed by atoms with Gasteiger partial charge >= 0.3 is 0 Å². The number of hydrogen-bond acceptors (Lipinski definition) is 5. The quantitative estimate of drug-likeness (QED) is 0.410. The van der Waals surface area contributed by atoms with Gasteiger partial charge in [-0.2, -0.15) is 0 Å². The van der Waals surface area contributed by atoms with Gasteiger partial charge in [-0.1, -0.05) is 42.5 Å². The number of pyridine rings is 2. The normalized spacial score (nSPS) is 17.0. The highest BCUT2D eigenvalue weighted by Crippen LogP contribution is 2.23.